The Hall–Kier alpha value is -3.50. The van der Waals surface area contributed by atoms with Crippen LogP contribution in [-0.4, -0.2) is 56.1 Å². The van der Waals surface area contributed by atoms with Crippen molar-refractivity contribution in [3.63, 3.8) is 0 Å². The Bertz CT molecular complexity index is 1320. The standard InChI is InChI=1S/C23H25N7O2S/c1-3-11-30-22-18(5-4-8-25-22)21-20(33(30,31)32)15-26-23(28-21)27-17-6-7-19(16(2)14-17)29-12-9-24-10-13-29/h3-8,14-15,24H,1,9-13H2,2H3,(H,26,27,28). The van der Waals surface area contributed by atoms with E-state index < -0.39 is 10.0 Å². The average Bonchev–Trinajstić information content (AvgIpc) is 2.82. The summed E-state index contributed by atoms with van der Waals surface area (Å²) in [7, 11) is -3.84. The van der Waals surface area contributed by atoms with Crippen molar-refractivity contribution in [3.05, 3.63) is 60.9 Å². The highest BCUT2D eigenvalue weighted by atomic mass is 32.2. The van der Waals surface area contributed by atoms with Gasteiger partial charge in [0.25, 0.3) is 10.0 Å². The summed E-state index contributed by atoms with van der Waals surface area (Å²) < 4.78 is 27.6. The quantitative estimate of drug-likeness (QED) is 0.557. The molecule has 0 amide bonds. The van der Waals surface area contributed by atoms with E-state index in [-0.39, 0.29) is 11.4 Å². The SMILES string of the molecule is C=CCN1c2ncccc2-c2nc(Nc3ccc(N4CCNCC4)c(C)c3)ncc2S1(=O)=O. The van der Waals surface area contributed by atoms with E-state index in [0.717, 1.165) is 37.4 Å². The number of fused-ring (bicyclic) bond motifs is 3. The van der Waals surface area contributed by atoms with Crippen molar-refractivity contribution in [2.24, 2.45) is 0 Å². The van der Waals surface area contributed by atoms with Gasteiger partial charge in [0.15, 0.2) is 5.82 Å². The van der Waals surface area contributed by atoms with Crippen LogP contribution in [0.4, 0.5) is 23.1 Å². The van der Waals surface area contributed by atoms with Crippen LogP contribution in [0.25, 0.3) is 11.3 Å². The molecule has 10 heteroatoms. The lowest BCUT2D eigenvalue weighted by Gasteiger charge is -2.31. The van der Waals surface area contributed by atoms with Gasteiger partial charge in [0.2, 0.25) is 5.95 Å². The van der Waals surface area contributed by atoms with Crippen LogP contribution in [0.1, 0.15) is 5.56 Å². The van der Waals surface area contributed by atoms with Crippen LogP contribution in [-0.2, 0) is 10.0 Å². The molecule has 1 saturated heterocycles. The second-order valence-electron chi connectivity index (χ2n) is 7.97. The number of nitrogens with one attached hydrogen (secondary N) is 2. The van der Waals surface area contributed by atoms with E-state index in [1.54, 1.807) is 12.3 Å². The van der Waals surface area contributed by atoms with Crippen LogP contribution in [0.2, 0.25) is 0 Å². The molecule has 0 spiro atoms. The molecule has 3 aromatic rings. The zero-order valence-corrected chi connectivity index (χ0v) is 19.1. The molecule has 0 aliphatic carbocycles. The molecule has 2 aliphatic heterocycles. The summed E-state index contributed by atoms with van der Waals surface area (Å²) >= 11 is 0. The lowest BCUT2D eigenvalue weighted by Crippen LogP contribution is -2.43. The van der Waals surface area contributed by atoms with Gasteiger partial charge in [-0.3, -0.25) is 0 Å². The highest BCUT2D eigenvalue weighted by molar-refractivity contribution is 7.93. The summed E-state index contributed by atoms with van der Waals surface area (Å²) in [6.45, 7) is 9.78. The first-order valence-electron chi connectivity index (χ1n) is 10.8. The summed E-state index contributed by atoms with van der Waals surface area (Å²) in [5, 5.41) is 6.59. The molecule has 9 nitrogen and oxygen atoms in total. The topological polar surface area (TPSA) is 103 Å². The third-order valence-corrected chi connectivity index (χ3v) is 7.56. The number of sulfonamides is 1. The Labute approximate surface area is 193 Å². The second kappa shape index (κ2) is 8.45. The van der Waals surface area contributed by atoms with E-state index in [0.29, 0.717) is 23.0 Å². The zero-order chi connectivity index (χ0) is 23.0. The highest BCUT2D eigenvalue weighted by Crippen LogP contribution is 2.40. The third kappa shape index (κ3) is 3.81. The second-order valence-corrected chi connectivity index (χ2v) is 9.80. The minimum absolute atomic E-state index is 0.0561. The summed E-state index contributed by atoms with van der Waals surface area (Å²) in [6.07, 6.45) is 4.46. The van der Waals surface area contributed by atoms with Crippen LogP contribution >= 0.6 is 0 Å². The van der Waals surface area contributed by atoms with Gasteiger partial charge in [0, 0.05) is 49.3 Å². The summed E-state index contributed by atoms with van der Waals surface area (Å²) in [6, 6.07) is 9.72. The summed E-state index contributed by atoms with van der Waals surface area (Å²) in [4.78, 5) is 15.6. The van der Waals surface area contributed by atoms with E-state index in [4.69, 9.17) is 0 Å². The van der Waals surface area contributed by atoms with Gasteiger partial charge in [-0.1, -0.05) is 6.08 Å². The lowest BCUT2D eigenvalue weighted by atomic mass is 10.1. The van der Waals surface area contributed by atoms with Crippen molar-refractivity contribution in [3.8, 4) is 11.3 Å². The first kappa shape index (κ1) is 21.4. The predicted molar refractivity (Wildman–Crippen MR) is 130 cm³/mol. The predicted octanol–water partition coefficient (Wildman–Crippen LogP) is 2.69. The fourth-order valence-electron chi connectivity index (χ4n) is 4.25. The molecule has 0 atom stereocenters. The molecule has 1 fully saturated rings. The molecule has 2 N–H and O–H groups in total. The average molecular weight is 464 g/mol. The number of rotatable bonds is 5. The van der Waals surface area contributed by atoms with Crippen LogP contribution in [0.15, 0.2) is 60.3 Å². The maximum atomic E-state index is 13.2. The van der Waals surface area contributed by atoms with Crippen LogP contribution in [0.3, 0.4) is 0 Å². The first-order chi connectivity index (χ1) is 16.0. The number of pyridine rings is 1. The number of nitrogens with zero attached hydrogens (tertiary/aromatic N) is 5. The Kier molecular flexibility index (Phi) is 5.47. The van der Waals surface area contributed by atoms with Gasteiger partial charge >= 0.3 is 0 Å². The number of hydrogen-bond donors (Lipinski definition) is 2. The fourth-order valence-corrected chi connectivity index (χ4v) is 5.75. The van der Waals surface area contributed by atoms with E-state index >= 15 is 0 Å². The minimum Gasteiger partial charge on any atom is -0.369 e. The molecule has 0 unspecified atom stereocenters. The van der Waals surface area contributed by atoms with Crippen molar-refractivity contribution in [2.75, 3.05) is 47.2 Å². The van der Waals surface area contributed by atoms with Crippen LogP contribution in [0, 0.1) is 6.92 Å². The minimum atomic E-state index is -3.84. The molecular weight excluding hydrogens is 438 g/mol. The van der Waals surface area contributed by atoms with Crippen molar-refractivity contribution < 1.29 is 8.42 Å². The number of piperazine rings is 1. The lowest BCUT2D eigenvalue weighted by molar-refractivity contribution is 0.588. The zero-order valence-electron chi connectivity index (χ0n) is 18.3. The van der Waals surface area contributed by atoms with Gasteiger partial charge in [0.05, 0.1) is 12.7 Å². The highest BCUT2D eigenvalue weighted by Gasteiger charge is 2.37. The van der Waals surface area contributed by atoms with Crippen molar-refractivity contribution in [1.29, 1.82) is 0 Å². The van der Waals surface area contributed by atoms with E-state index in [1.165, 1.54) is 22.3 Å². The number of aromatic nitrogens is 3. The Morgan fingerprint density at radius 2 is 2.03 bits per heavy atom. The van der Waals surface area contributed by atoms with Crippen LogP contribution in [0.5, 0.6) is 0 Å². The van der Waals surface area contributed by atoms with Crippen molar-refractivity contribution in [2.45, 2.75) is 11.8 Å². The van der Waals surface area contributed by atoms with E-state index in [9.17, 15) is 8.42 Å². The molecule has 0 radical (unpaired) electrons. The third-order valence-electron chi connectivity index (χ3n) is 5.81. The number of anilines is 4. The van der Waals surface area contributed by atoms with Gasteiger partial charge < -0.3 is 15.5 Å². The Morgan fingerprint density at radius 3 is 2.79 bits per heavy atom. The van der Waals surface area contributed by atoms with Gasteiger partial charge in [-0.25, -0.2) is 27.7 Å². The summed E-state index contributed by atoms with van der Waals surface area (Å²) in [5.41, 5.74) is 4.17. The number of aryl methyl sites for hydroxylation is 1. The molecule has 2 aromatic heterocycles. The van der Waals surface area contributed by atoms with Gasteiger partial charge in [-0.05, 0) is 42.8 Å². The molecule has 0 bridgehead atoms. The van der Waals surface area contributed by atoms with Crippen LogP contribution < -0.4 is 19.8 Å². The van der Waals surface area contributed by atoms with E-state index in [2.05, 4.69) is 56.1 Å². The largest absolute Gasteiger partial charge is 0.369 e. The number of benzene rings is 1. The monoisotopic (exact) mass is 463 g/mol. The maximum absolute atomic E-state index is 13.2. The molecule has 2 aliphatic rings. The number of hydrogen-bond acceptors (Lipinski definition) is 8. The normalized spacial score (nSPS) is 16.6. The van der Waals surface area contributed by atoms with Gasteiger partial charge in [-0.2, -0.15) is 0 Å². The smallest absolute Gasteiger partial charge is 0.269 e. The Morgan fingerprint density at radius 1 is 1.21 bits per heavy atom. The van der Waals surface area contributed by atoms with E-state index in [1.807, 2.05) is 12.1 Å². The summed E-state index contributed by atoms with van der Waals surface area (Å²) in [5.74, 6) is 0.663. The van der Waals surface area contributed by atoms with Crippen molar-refractivity contribution >= 4 is 33.2 Å². The molecule has 33 heavy (non-hydrogen) atoms. The van der Waals surface area contributed by atoms with Crippen molar-refractivity contribution in [1.82, 2.24) is 20.3 Å². The molecule has 1 aromatic carbocycles. The molecule has 0 saturated carbocycles. The van der Waals surface area contributed by atoms with Gasteiger partial charge in [0.1, 0.15) is 10.6 Å². The maximum Gasteiger partial charge on any atom is 0.269 e. The molecule has 4 heterocycles. The molecule has 170 valence electrons. The first-order valence-corrected chi connectivity index (χ1v) is 12.2. The Balaban J connectivity index is 1.48. The molecular formula is C23H25N7O2S. The fraction of sp³-hybridized carbons (Fsp3) is 0.261. The van der Waals surface area contributed by atoms with Gasteiger partial charge in [-0.15, -0.1) is 6.58 Å². The molecule has 5 rings (SSSR count).